The summed E-state index contributed by atoms with van der Waals surface area (Å²) in [5.74, 6) is 0. The summed E-state index contributed by atoms with van der Waals surface area (Å²) in [5.41, 5.74) is 11.8. The molecule has 0 radical (unpaired) electrons. The van der Waals surface area contributed by atoms with Gasteiger partial charge in [0.05, 0.1) is 23.5 Å². The maximum absolute atomic E-state index is 6.34. The summed E-state index contributed by atoms with van der Waals surface area (Å²) >= 11 is 0. The van der Waals surface area contributed by atoms with E-state index < -0.39 is 0 Å². The summed E-state index contributed by atoms with van der Waals surface area (Å²) in [7, 11) is 0. The van der Waals surface area contributed by atoms with Crippen LogP contribution in [0.4, 0.5) is 17.1 Å². The van der Waals surface area contributed by atoms with Gasteiger partial charge in [0.15, 0.2) is 0 Å². The van der Waals surface area contributed by atoms with Crippen LogP contribution in [0, 0.1) is 0 Å². The number of benzene rings is 2. The number of fused-ring (bicyclic) bond motifs is 3. The van der Waals surface area contributed by atoms with Crippen LogP contribution in [0.5, 0.6) is 0 Å². The molecule has 0 fully saturated rings. The van der Waals surface area contributed by atoms with Gasteiger partial charge in [-0.3, -0.25) is 0 Å². The van der Waals surface area contributed by atoms with Crippen molar-refractivity contribution in [3.8, 4) is 0 Å². The molecule has 2 atom stereocenters. The Morgan fingerprint density at radius 2 is 1.57 bits per heavy atom. The van der Waals surface area contributed by atoms with Gasteiger partial charge in [-0.1, -0.05) is 30.3 Å². The van der Waals surface area contributed by atoms with Crippen LogP contribution < -0.4 is 21.7 Å². The summed E-state index contributed by atoms with van der Waals surface area (Å²) in [4.78, 5) is 0. The van der Waals surface area contributed by atoms with E-state index in [1.54, 1.807) is 0 Å². The van der Waals surface area contributed by atoms with Gasteiger partial charge in [0, 0.05) is 17.6 Å². The van der Waals surface area contributed by atoms with Gasteiger partial charge in [-0.25, -0.2) is 0 Å². The zero-order valence-electron chi connectivity index (χ0n) is 12.8. The van der Waals surface area contributed by atoms with Crippen molar-refractivity contribution in [2.75, 3.05) is 16.0 Å². The van der Waals surface area contributed by atoms with Gasteiger partial charge in [0.25, 0.3) is 0 Å². The van der Waals surface area contributed by atoms with Gasteiger partial charge < -0.3 is 21.7 Å². The Morgan fingerprint density at radius 1 is 0.870 bits per heavy atom. The number of para-hydroxylation sites is 3. The summed E-state index contributed by atoms with van der Waals surface area (Å²) < 4.78 is 0. The lowest BCUT2D eigenvalue weighted by molar-refractivity contribution is 0.625. The molecule has 2 unspecified atom stereocenters. The number of anilines is 3. The quantitative estimate of drug-likeness (QED) is 0.603. The molecular weight excluding hydrogens is 284 g/mol. The van der Waals surface area contributed by atoms with Crippen LogP contribution in [-0.2, 0) is 6.42 Å². The molecule has 0 spiro atoms. The average molecular weight is 304 g/mol. The van der Waals surface area contributed by atoms with Gasteiger partial charge >= 0.3 is 0 Å². The Morgan fingerprint density at radius 3 is 2.39 bits per heavy atom. The van der Waals surface area contributed by atoms with Gasteiger partial charge in [0.1, 0.15) is 0 Å². The highest BCUT2D eigenvalue weighted by molar-refractivity contribution is 5.73. The first kappa shape index (κ1) is 13.8. The highest BCUT2D eigenvalue weighted by Gasteiger charge is 2.29. The molecule has 2 aromatic carbocycles. The monoisotopic (exact) mass is 304 g/mol. The van der Waals surface area contributed by atoms with Crippen LogP contribution >= 0.6 is 0 Å². The van der Waals surface area contributed by atoms with Gasteiger partial charge in [-0.15, -0.1) is 0 Å². The Labute approximate surface area is 136 Å². The number of rotatable bonds is 0. The highest BCUT2D eigenvalue weighted by atomic mass is 15.1. The fourth-order valence-electron chi connectivity index (χ4n) is 3.25. The van der Waals surface area contributed by atoms with Crippen molar-refractivity contribution in [3.05, 3.63) is 78.1 Å². The molecule has 116 valence electrons. The lowest BCUT2D eigenvalue weighted by Crippen LogP contribution is -2.47. The van der Waals surface area contributed by atoms with Crippen molar-refractivity contribution >= 4 is 17.1 Å². The first-order valence-electron chi connectivity index (χ1n) is 7.90. The molecule has 2 aromatic rings. The van der Waals surface area contributed by atoms with Crippen LogP contribution in [0.15, 0.2) is 72.6 Å². The molecule has 0 amide bonds. The van der Waals surface area contributed by atoms with Gasteiger partial charge in [-0.05, 0) is 42.3 Å². The Balaban J connectivity index is 1.76. The van der Waals surface area contributed by atoms with E-state index in [2.05, 4.69) is 52.3 Å². The molecule has 4 rings (SSSR count). The summed E-state index contributed by atoms with van der Waals surface area (Å²) in [6.07, 6.45) is 6.73. The van der Waals surface area contributed by atoms with E-state index in [1.165, 1.54) is 5.56 Å². The SMILES string of the molecule is N/C1=C\C=C/Nc2ccccc2CC2Nc3ccccc3NC12. The molecule has 0 saturated carbocycles. The average Bonchev–Trinajstić information content (AvgIpc) is 2.59. The summed E-state index contributed by atoms with van der Waals surface area (Å²) in [5, 5.41) is 10.6. The highest BCUT2D eigenvalue weighted by Crippen LogP contribution is 2.32. The number of nitrogens with two attached hydrogens (primary N) is 1. The molecular formula is C19H20N4. The largest absolute Gasteiger partial charge is 0.400 e. The standard InChI is InChI=1S/C19H20N4/c20-14-7-5-11-21-15-8-2-1-6-13(15)12-18-19(14)23-17-10-4-3-9-16(17)22-18/h1-11,18-19,21-23H,12,20H2/b11-5-,14-7-. The van der Waals surface area contributed by atoms with E-state index in [-0.39, 0.29) is 12.1 Å². The fourth-order valence-corrected chi connectivity index (χ4v) is 3.25. The predicted molar refractivity (Wildman–Crippen MR) is 96.4 cm³/mol. The second-order valence-corrected chi connectivity index (χ2v) is 5.95. The lowest BCUT2D eigenvalue weighted by atomic mass is 9.93. The molecule has 23 heavy (non-hydrogen) atoms. The van der Waals surface area contributed by atoms with Crippen molar-refractivity contribution in [2.24, 2.45) is 5.73 Å². The lowest BCUT2D eigenvalue weighted by Gasteiger charge is -2.37. The maximum atomic E-state index is 6.34. The molecule has 0 aromatic heterocycles. The molecule has 2 aliphatic heterocycles. The smallest absolute Gasteiger partial charge is 0.0863 e. The molecule has 5 N–H and O–H groups in total. The van der Waals surface area contributed by atoms with Crippen LogP contribution in [-0.4, -0.2) is 12.1 Å². The second-order valence-electron chi connectivity index (χ2n) is 5.95. The second kappa shape index (κ2) is 5.72. The Kier molecular flexibility index (Phi) is 3.42. The third-order valence-corrected chi connectivity index (χ3v) is 4.42. The Hall–Kier alpha value is -2.88. The first-order valence-corrected chi connectivity index (χ1v) is 7.90. The van der Waals surface area contributed by atoms with Crippen molar-refractivity contribution in [1.29, 1.82) is 0 Å². The van der Waals surface area contributed by atoms with E-state index in [1.807, 2.05) is 30.5 Å². The maximum Gasteiger partial charge on any atom is 0.0863 e. The fraction of sp³-hybridized carbons (Fsp3) is 0.158. The molecule has 0 aliphatic carbocycles. The van der Waals surface area contributed by atoms with E-state index in [0.717, 1.165) is 29.2 Å². The minimum absolute atomic E-state index is 0.0562. The summed E-state index contributed by atoms with van der Waals surface area (Å²) in [6, 6.07) is 16.9. The number of hydrogen-bond acceptors (Lipinski definition) is 4. The number of hydrogen-bond donors (Lipinski definition) is 4. The molecule has 0 saturated heterocycles. The van der Waals surface area contributed by atoms with Crippen molar-refractivity contribution in [2.45, 2.75) is 18.5 Å². The normalized spacial score (nSPS) is 25.8. The van der Waals surface area contributed by atoms with Crippen LogP contribution in [0.25, 0.3) is 0 Å². The third-order valence-electron chi connectivity index (χ3n) is 4.42. The van der Waals surface area contributed by atoms with E-state index in [9.17, 15) is 0 Å². The van der Waals surface area contributed by atoms with Crippen molar-refractivity contribution in [1.82, 2.24) is 0 Å². The van der Waals surface area contributed by atoms with Gasteiger partial charge in [0.2, 0.25) is 0 Å². The Bertz CT molecular complexity index is 778. The van der Waals surface area contributed by atoms with Gasteiger partial charge in [-0.2, -0.15) is 0 Å². The zero-order chi connectivity index (χ0) is 15.6. The van der Waals surface area contributed by atoms with Crippen LogP contribution in [0.1, 0.15) is 5.56 Å². The number of allylic oxidation sites excluding steroid dienone is 2. The minimum atomic E-state index is 0.0562. The van der Waals surface area contributed by atoms with Crippen molar-refractivity contribution in [3.63, 3.8) is 0 Å². The predicted octanol–water partition coefficient (Wildman–Crippen LogP) is 3.29. The van der Waals surface area contributed by atoms with E-state index in [4.69, 9.17) is 5.73 Å². The first-order chi connectivity index (χ1) is 11.3. The van der Waals surface area contributed by atoms with Crippen molar-refractivity contribution < 1.29 is 0 Å². The van der Waals surface area contributed by atoms with Crippen LogP contribution in [0.3, 0.4) is 0 Å². The molecule has 4 heteroatoms. The van der Waals surface area contributed by atoms with E-state index in [0.29, 0.717) is 0 Å². The third kappa shape index (κ3) is 2.63. The topological polar surface area (TPSA) is 62.1 Å². The molecule has 2 aliphatic rings. The number of nitrogens with one attached hydrogen (secondary N) is 3. The molecule has 4 nitrogen and oxygen atoms in total. The molecule has 0 bridgehead atoms. The zero-order valence-corrected chi connectivity index (χ0v) is 12.8. The molecule has 2 heterocycles. The summed E-state index contributed by atoms with van der Waals surface area (Å²) in [6.45, 7) is 0. The van der Waals surface area contributed by atoms with E-state index >= 15 is 0 Å². The minimum Gasteiger partial charge on any atom is -0.400 e. The van der Waals surface area contributed by atoms with Crippen LogP contribution in [0.2, 0.25) is 0 Å².